The molecule has 0 amide bonds. The van der Waals surface area contributed by atoms with Gasteiger partial charge in [0.25, 0.3) is 0 Å². The summed E-state index contributed by atoms with van der Waals surface area (Å²) in [5.41, 5.74) is 0.145. The van der Waals surface area contributed by atoms with E-state index in [-0.39, 0.29) is 41.4 Å². The zero-order chi connectivity index (χ0) is 27.5. The molecular weight excluding hydrogens is 545 g/mol. The van der Waals surface area contributed by atoms with Gasteiger partial charge in [-0.25, -0.2) is 14.5 Å². The summed E-state index contributed by atoms with van der Waals surface area (Å²) in [7, 11) is 3.33. The van der Waals surface area contributed by atoms with Crippen molar-refractivity contribution in [1.82, 2.24) is 38.9 Å². The van der Waals surface area contributed by atoms with Gasteiger partial charge >= 0.3 is 6.18 Å². The molecule has 1 fully saturated rings. The highest BCUT2D eigenvalue weighted by Gasteiger charge is 2.41. The summed E-state index contributed by atoms with van der Waals surface area (Å²) in [6, 6.07) is -0.140. The number of imidazole rings is 1. The fraction of sp³-hybridized carbons (Fsp3) is 0.318. The second kappa shape index (κ2) is 9.25. The number of fused-ring (bicyclic) bond motifs is 2. The summed E-state index contributed by atoms with van der Waals surface area (Å²) < 4.78 is 56.2. The number of halogens is 4. The highest BCUT2D eigenvalue weighted by Crippen LogP contribution is 2.39. The molecule has 204 valence electrons. The molecule has 6 heterocycles. The lowest BCUT2D eigenvalue weighted by Gasteiger charge is -2.17. The standard InChI is InChI=1S/C22H20ClF3N10O3/c1-27-19-17-13(7-30-35(17)4-3-28-19)39-12-6-29-20-18(16(12)23)34(2)21(32-20)31-15-5-14(22(24,25)26)36(33-15)10-8-38-9-11(10)37/h3-7,10-11,37H,8-9H2,1-2H3,(H,27,28)(H,29,31,32,33). The topological polar surface area (TPSA) is 141 Å². The van der Waals surface area contributed by atoms with Crippen LogP contribution in [0.4, 0.5) is 30.8 Å². The van der Waals surface area contributed by atoms with E-state index < -0.39 is 24.0 Å². The highest BCUT2D eigenvalue weighted by molar-refractivity contribution is 6.36. The Balaban J connectivity index is 1.34. The molecule has 2 atom stereocenters. The van der Waals surface area contributed by atoms with Gasteiger partial charge in [-0.2, -0.15) is 28.4 Å². The zero-order valence-corrected chi connectivity index (χ0v) is 21.1. The van der Waals surface area contributed by atoms with Crippen LogP contribution in [0.25, 0.3) is 16.7 Å². The van der Waals surface area contributed by atoms with Gasteiger partial charge in [0.05, 0.1) is 25.6 Å². The molecule has 17 heteroatoms. The van der Waals surface area contributed by atoms with Gasteiger partial charge in [-0.15, -0.1) is 0 Å². The Bertz CT molecular complexity index is 1700. The summed E-state index contributed by atoms with van der Waals surface area (Å²) >= 11 is 6.67. The number of anilines is 3. The Kier molecular flexibility index (Phi) is 5.96. The molecule has 5 aromatic rings. The van der Waals surface area contributed by atoms with Crippen molar-refractivity contribution < 1.29 is 27.8 Å². The van der Waals surface area contributed by atoms with Crippen LogP contribution >= 0.6 is 11.6 Å². The monoisotopic (exact) mass is 564 g/mol. The molecule has 5 aromatic heterocycles. The Morgan fingerprint density at radius 1 is 1.18 bits per heavy atom. The Morgan fingerprint density at radius 2 is 2.00 bits per heavy atom. The third-order valence-corrected chi connectivity index (χ3v) is 6.63. The van der Waals surface area contributed by atoms with Crippen LogP contribution < -0.4 is 15.4 Å². The second-order valence-electron chi connectivity index (χ2n) is 8.69. The van der Waals surface area contributed by atoms with Gasteiger partial charge < -0.3 is 29.8 Å². The molecule has 39 heavy (non-hydrogen) atoms. The fourth-order valence-electron chi connectivity index (χ4n) is 4.39. The van der Waals surface area contributed by atoms with Crippen LogP contribution in [0.3, 0.4) is 0 Å². The number of ether oxygens (including phenoxy) is 2. The van der Waals surface area contributed by atoms with Crippen molar-refractivity contribution in [2.75, 3.05) is 30.9 Å². The van der Waals surface area contributed by atoms with Crippen LogP contribution in [-0.2, 0) is 18.0 Å². The lowest BCUT2D eigenvalue weighted by atomic mass is 10.2. The number of nitrogens with one attached hydrogen (secondary N) is 2. The number of hydrogen-bond acceptors (Lipinski definition) is 10. The highest BCUT2D eigenvalue weighted by atomic mass is 35.5. The van der Waals surface area contributed by atoms with Gasteiger partial charge in [-0.1, -0.05) is 11.6 Å². The van der Waals surface area contributed by atoms with Crippen LogP contribution in [0.1, 0.15) is 11.7 Å². The minimum Gasteiger partial charge on any atom is -0.450 e. The zero-order valence-electron chi connectivity index (χ0n) is 20.3. The number of aliphatic hydroxyl groups is 1. The molecule has 0 bridgehead atoms. The summed E-state index contributed by atoms with van der Waals surface area (Å²) in [6.07, 6.45) is 0.318. The van der Waals surface area contributed by atoms with E-state index in [2.05, 4.69) is 35.8 Å². The molecular formula is C22H20ClF3N10O3. The van der Waals surface area contributed by atoms with E-state index in [1.165, 1.54) is 17.0 Å². The number of hydrogen-bond donors (Lipinski definition) is 3. The number of aryl methyl sites for hydroxylation is 1. The van der Waals surface area contributed by atoms with Crippen LogP contribution in [0.2, 0.25) is 5.02 Å². The average Bonchev–Trinajstić information content (AvgIpc) is 3.67. The van der Waals surface area contributed by atoms with E-state index in [1.807, 2.05) is 0 Å². The average molecular weight is 565 g/mol. The molecule has 0 spiro atoms. The number of pyridine rings is 1. The summed E-state index contributed by atoms with van der Waals surface area (Å²) in [4.78, 5) is 12.9. The predicted molar refractivity (Wildman–Crippen MR) is 133 cm³/mol. The van der Waals surface area contributed by atoms with Crippen molar-refractivity contribution in [2.24, 2.45) is 7.05 Å². The summed E-state index contributed by atoms with van der Waals surface area (Å²) in [6.45, 7) is -0.176. The van der Waals surface area contributed by atoms with Gasteiger partial charge in [0.2, 0.25) is 5.95 Å². The minimum absolute atomic E-state index is 0.0774. The molecule has 0 saturated carbocycles. The van der Waals surface area contributed by atoms with Crippen molar-refractivity contribution in [1.29, 1.82) is 0 Å². The summed E-state index contributed by atoms with van der Waals surface area (Å²) in [5.74, 6) is 1.12. The van der Waals surface area contributed by atoms with Gasteiger partial charge in [-0.3, -0.25) is 4.68 Å². The van der Waals surface area contributed by atoms with Crippen molar-refractivity contribution in [3.8, 4) is 11.5 Å². The first kappa shape index (κ1) is 25.1. The van der Waals surface area contributed by atoms with Crippen LogP contribution in [0.5, 0.6) is 11.5 Å². The second-order valence-corrected chi connectivity index (χ2v) is 9.07. The smallest absolute Gasteiger partial charge is 0.433 e. The lowest BCUT2D eigenvalue weighted by molar-refractivity contribution is -0.145. The maximum absolute atomic E-state index is 13.7. The van der Waals surface area contributed by atoms with E-state index in [1.54, 1.807) is 31.0 Å². The molecule has 0 aliphatic carbocycles. The maximum Gasteiger partial charge on any atom is 0.433 e. The molecule has 1 aliphatic heterocycles. The normalized spacial score (nSPS) is 17.8. The summed E-state index contributed by atoms with van der Waals surface area (Å²) in [5, 5.41) is 24.3. The molecule has 1 saturated heterocycles. The number of aromatic nitrogens is 8. The molecule has 3 N–H and O–H groups in total. The first-order valence-electron chi connectivity index (χ1n) is 11.5. The van der Waals surface area contributed by atoms with Crippen molar-refractivity contribution in [2.45, 2.75) is 18.3 Å². The van der Waals surface area contributed by atoms with Crippen molar-refractivity contribution in [3.63, 3.8) is 0 Å². The fourth-order valence-corrected chi connectivity index (χ4v) is 4.69. The molecule has 2 unspecified atom stereocenters. The number of nitrogens with zero attached hydrogens (tertiary/aromatic N) is 8. The van der Waals surface area contributed by atoms with Crippen molar-refractivity contribution >= 4 is 45.9 Å². The van der Waals surface area contributed by atoms with Crippen LogP contribution in [0.15, 0.2) is 30.9 Å². The van der Waals surface area contributed by atoms with E-state index in [0.717, 1.165) is 10.7 Å². The van der Waals surface area contributed by atoms with E-state index >= 15 is 0 Å². The Morgan fingerprint density at radius 3 is 2.72 bits per heavy atom. The van der Waals surface area contributed by atoms with Crippen LogP contribution in [-0.4, -0.2) is 70.4 Å². The van der Waals surface area contributed by atoms with E-state index in [4.69, 9.17) is 21.1 Å². The van der Waals surface area contributed by atoms with Gasteiger partial charge in [-0.05, 0) is 0 Å². The number of alkyl halides is 3. The molecule has 13 nitrogen and oxygen atoms in total. The van der Waals surface area contributed by atoms with Crippen molar-refractivity contribution in [3.05, 3.63) is 41.6 Å². The molecule has 1 aliphatic rings. The SMILES string of the molecule is CNc1nccn2ncc(Oc3cnc4nc(Nc5cc(C(F)(F)F)n(C6COCC6O)n5)n(C)c4c3Cl)c12. The lowest BCUT2D eigenvalue weighted by Crippen LogP contribution is -2.27. The largest absolute Gasteiger partial charge is 0.450 e. The predicted octanol–water partition coefficient (Wildman–Crippen LogP) is 3.39. The Hall–Kier alpha value is -4.15. The van der Waals surface area contributed by atoms with Gasteiger partial charge in [0.1, 0.15) is 28.4 Å². The first-order valence-corrected chi connectivity index (χ1v) is 11.9. The maximum atomic E-state index is 13.7. The first-order chi connectivity index (χ1) is 18.7. The van der Waals surface area contributed by atoms with Crippen LogP contribution in [0, 0.1) is 0 Å². The van der Waals surface area contributed by atoms with Gasteiger partial charge in [0.15, 0.2) is 34.3 Å². The number of aliphatic hydroxyl groups excluding tert-OH is 1. The van der Waals surface area contributed by atoms with Gasteiger partial charge in [0, 0.05) is 32.6 Å². The van der Waals surface area contributed by atoms with E-state index in [9.17, 15) is 18.3 Å². The Labute approximate surface area is 222 Å². The third kappa shape index (κ3) is 4.25. The van der Waals surface area contributed by atoms with E-state index in [0.29, 0.717) is 22.6 Å². The third-order valence-electron chi connectivity index (χ3n) is 6.26. The molecule has 6 rings (SSSR count). The molecule has 0 aromatic carbocycles. The molecule has 0 radical (unpaired) electrons. The minimum atomic E-state index is -4.71. The quantitative estimate of drug-likeness (QED) is 0.281. The number of rotatable bonds is 6.